The number of aromatic nitrogens is 4. The fraction of sp³-hybridized carbons (Fsp3) is 0.133. The molecule has 0 spiro atoms. The minimum absolute atomic E-state index is 0.221. The van der Waals surface area contributed by atoms with E-state index in [-0.39, 0.29) is 12.6 Å². The second kappa shape index (κ2) is 5.62. The summed E-state index contributed by atoms with van der Waals surface area (Å²) in [4.78, 5) is 0. The number of hydrogen-bond acceptors (Lipinski definition) is 5. The van der Waals surface area contributed by atoms with Crippen LogP contribution in [0.15, 0.2) is 40.9 Å². The molecular formula is C15H10BrFN4O2. The molecule has 4 rings (SSSR count). The number of benzene rings is 2. The van der Waals surface area contributed by atoms with Gasteiger partial charge >= 0.3 is 0 Å². The standard InChI is InChI=1S/C15H10BrFN4O2/c16-12-7-14-13(22-8-23-14)5-9(12)6-15-18-19-20-21(15)11-3-1-10(17)2-4-11/h1-5,7H,6,8H2. The van der Waals surface area contributed by atoms with E-state index in [0.29, 0.717) is 29.4 Å². The molecular weight excluding hydrogens is 367 g/mol. The number of hydrogen-bond donors (Lipinski definition) is 0. The van der Waals surface area contributed by atoms with Crippen LogP contribution in [-0.2, 0) is 6.42 Å². The first-order valence-electron chi connectivity index (χ1n) is 6.82. The van der Waals surface area contributed by atoms with Gasteiger partial charge < -0.3 is 9.47 Å². The first kappa shape index (κ1) is 14.1. The van der Waals surface area contributed by atoms with Crippen molar-refractivity contribution in [2.75, 3.05) is 6.79 Å². The third-order valence-electron chi connectivity index (χ3n) is 3.50. The van der Waals surface area contributed by atoms with Gasteiger partial charge in [0.1, 0.15) is 5.82 Å². The molecule has 0 fully saturated rings. The lowest BCUT2D eigenvalue weighted by Crippen LogP contribution is -2.04. The van der Waals surface area contributed by atoms with E-state index in [1.807, 2.05) is 12.1 Å². The number of tetrazole rings is 1. The van der Waals surface area contributed by atoms with E-state index >= 15 is 0 Å². The van der Waals surface area contributed by atoms with E-state index in [9.17, 15) is 4.39 Å². The zero-order valence-corrected chi connectivity index (χ0v) is 13.3. The van der Waals surface area contributed by atoms with Crippen LogP contribution in [0.2, 0.25) is 0 Å². The van der Waals surface area contributed by atoms with E-state index in [4.69, 9.17) is 9.47 Å². The fourth-order valence-electron chi connectivity index (χ4n) is 2.36. The number of nitrogens with zero attached hydrogens (tertiary/aromatic N) is 4. The van der Waals surface area contributed by atoms with Crippen LogP contribution in [0, 0.1) is 5.82 Å². The predicted molar refractivity (Wildman–Crippen MR) is 82.2 cm³/mol. The van der Waals surface area contributed by atoms with Crippen molar-refractivity contribution in [3.63, 3.8) is 0 Å². The number of rotatable bonds is 3. The molecule has 0 radical (unpaired) electrons. The Labute approximate surface area is 139 Å². The topological polar surface area (TPSA) is 62.1 Å². The summed E-state index contributed by atoms with van der Waals surface area (Å²) in [5.74, 6) is 1.74. The van der Waals surface area contributed by atoms with E-state index in [0.717, 1.165) is 10.0 Å². The normalized spacial score (nSPS) is 12.6. The minimum Gasteiger partial charge on any atom is -0.454 e. The van der Waals surface area contributed by atoms with Crippen LogP contribution in [-0.4, -0.2) is 27.0 Å². The van der Waals surface area contributed by atoms with Crippen LogP contribution in [0.5, 0.6) is 11.5 Å². The van der Waals surface area contributed by atoms with Crippen LogP contribution >= 0.6 is 15.9 Å². The summed E-state index contributed by atoms with van der Waals surface area (Å²) in [6.07, 6.45) is 0.488. The van der Waals surface area contributed by atoms with Crippen molar-refractivity contribution in [1.29, 1.82) is 0 Å². The summed E-state index contributed by atoms with van der Waals surface area (Å²) in [5.41, 5.74) is 1.66. The molecule has 1 aliphatic rings. The van der Waals surface area contributed by atoms with Gasteiger partial charge in [0.15, 0.2) is 17.3 Å². The van der Waals surface area contributed by atoms with Crippen LogP contribution in [0.4, 0.5) is 4.39 Å². The molecule has 8 heteroatoms. The zero-order valence-electron chi connectivity index (χ0n) is 11.7. The van der Waals surface area contributed by atoms with E-state index < -0.39 is 0 Å². The van der Waals surface area contributed by atoms with Gasteiger partial charge in [-0.15, -0.1) is 5.10 Å². The second-order valence-electron chi connectivity index (χ2n) is 4.96. The Morgan fingerprint density at radius 2 is 1.87 bits per heavy atom. The molecule has 3 aromatic rings. The Morgan fingerprint density at radius 3 is 2.65 bits per heavy atom. The lowest BCUT2D eigenvalue weighted by atomic mass is 10.1. The molecule has 116 valence electrons. The van der Waals surface area contributed by atoms with Gasteiger partial charge in [-0.1, -0.05) is 15.9 Å². The number of halogens is 2. The molecule has 0 N–H and O–H groups in total. The lowest BCUT2D eigenvalue weighted by Gasteiger charge is -2.07. The molecule has 23 heavy (non-hydrogen) atoms. The first-order valence-corrected chi connectivity index (χ1v) is 7.61. The smallest absolute Gasteiger partial charge is 0.231 e. The highest BCUT2D eigenvalue weighted by Gasteiger charge is 2.18. The molecule has 0 atom stereocenters. The summed E-state index contributed by atoms with van der Waals surface area (Å²) in [5, 5.41) is 11.8. The number of ether oxygens (including phenoxy) is 2. The summed E-state index contributed by atoms with van der Waals surface area (Å²) in [7, 11) is 0. The van der Waals surface area contributed by atoms with Crippen molar-refractivity contribution in [2.24, 2.45) is 0 Å². The van der Waals surface area contributed by atoms with Crippen molar-refractivity contribution in [3.8, 4) is 17.2 Å². The Balaban J connectivity index is 1.68. The van der Waals surface area contributed by atoms with E-state index in [2.05, 4.69) is 31.5 Å². The second-order valence-corrected chi connectivity index (χ2v) is 5.81. The van der Waals surface area contributed by atoms with Gasteiger partial charge in [0.2, 0.25) is 6.79 Å². The van der Waals surface area contributed by atoms with E-state index in [1.54, 1.807) is 16.8 Å². The highest BCUT2D eigenvalue weighted by molar-refractivity contribution is 9.10. The van der Waals surface area contributed by atoms with Gasteiger partial charge in [0, 0.05) is 10.9 Å². The molecule has 2 heterocycles. The largest absolute Gasteiger partial charge is 0.454 e. The predicted octanol–water partition coefficient (Wildman–Crippen LogP) is 2.88. The molecule has 0 bridgehead atoms. The van der Waals surface area contributed by atoms with Gasteiger partial charge in [-0.3, -0.25) is 0 Å². The van der Waals surface area contributed by atoms with Crippen LogP contribution in [0.3, 0.4) is 0 Å². The van der Waals surface area contributed by atoms with Crippen LogP contribution in [0.25, 0.3) is 5.69 Å². The minimum atomic E-state index is -0.304. The first-order chi connectivity index (χ1) is 11.2. The van der Waals surface area contributed by atoms with Gasteiger partial charge in [0.05, 0.1) is 5.69 Å². The van der Waals surface area contributed by atoms with Crippen molar-refractivity contribution in [1.82, 2.24) is 20.2 Å². The Bertz CT molecular complexity index is 866. The van der Waals surface area contributed by atoms with Crippen molar-refractivity contribution < 1.29 is 13.9 Å². The Kier molecular flexibility index (Phi) is 3.45. The van der Waals surface area contributed by atoms with Gasteiger partial charge in [-0.05, 0) is 52.4 Å². The molecule has 1 aromatic heterocycles. The average molecular weight is 377 g/mol. The van der Waals surface area contributed by atoms with Crippen LogP contribution < -0.4 is 9.47 Å². The van der Waals surface area contributed by atoms with Gasteiger partial charge in [0.25, 0.3) is 0 Å². The summed E-state index contributed by atoms with van der Waals surface area (Å²) in [6.45, 7) is 0.221. The SMILES string of the molecule is Fc1ccc(-n2nnnc2Cc2cc3c(cc2Br)OCO3)cc1. The van der Waals surface area contributed by atoms with Crippen molar-refractivity contribution in [3.05, 3.63) is 58.1 Å². The highest BCUT2D eigenvalue weighted by Crippen LogP contribution is 2.37. The highest BCUT2D eigenvalue weighted by atomic mass is 79.9. The maximum atomic E-state index is 13.1. The molecule has 0 unspecified atom stereocenters. The van der Waals surface area contributed by atoms with Gasteiger partial charge in [-0.2, -0.15) is 4.68 Å². The lowest BCUT2D eigenvalue weighted by molar-refractivity contribution is 0.174. The summed E-state index contributed by atoms with van der Waals surface area (Å²) in [6, 6.07) is 9.77. The third kappa shape index (κ3) is 2.65. The summed E-state index contributed by atoms with van der Waals surface area (Å²) >= 11 is 3.52. The maximum absolute atomic E-state index is 13.1. The van der Waals surface area contributed by atoms with Crippen molar-refractivity contribution in [2.45, 2.75) is 6.42 Å². The number of fused-ring (bicyclic) bond motifs is 1. The monoisotopic (exact) mass is 376 g/mol. The van der Waals surface area contributed by atoms with Gasteiger partial charge in [-0.25, -0.2) is 4.39 Å². The molecule has 1 aliphatic heterocycles. The molecule has 0 saturated carbocycles. The Hall–Kier alpha value is -2.48. The molecule has 6 nitrogen and oxygen atoms in total. The Morgan fingerprint density at radius 1 is 1.13 bits per heavy atom. The maximum Gasteiger partial charge on any atom is 0.231 e. The third-order valence-corrected chi connectivity index (χ3v) is 4.23. The van der Waals surface area contributed by atoms with Crippen molar-refractivity contribution >= 4 is 15.9 Å². The van der Waals surface area contributed by atoms with E-state index in [1.165, 1.54) is 12.1 Å². The quantitative estimate of drug-likeness (QED) is 0.703. The molecule has 0 amide bonds. The molecule has 2 aromatic carbocycles. The zero-order chi connectivity index (χ0) is 15.8. The molecule has 0 aliphatic carbocycles. The fourth-order valence-corrected chi connectivity index (χ4v) is 2.83. The van der Waals surface area contributed by atoms with Crippen LogP contribution in [0.1, 0.15) is 11.4 Å². The average Bonchev–Trinajstić information content (AvgIpc) is 3.17. The summed E-state index contributed by atoms with van der Waals surface area (Å²) < 4.78 is 26.3. The molecule has 0 saturated heterocycles.